The van der Waals surface area contributed by atoms with Gasteiger partial charge in [-0.25, -0.2) is 4.79 Å². The largest absolute Gasteiger partial charge is 0.453 e. The summed E-state index contributed by atoms with van der Waals surface area (Å²) in [7, 11) is 1.46. The lowest BCUT2D eigenvalue weighted by Gasteiger charge is -2.49. The van der Waals surface area contributed by atoms with Gasteiger partial charge < -0.3 is 14.4 Å². The minimum absolute atomic E-state index is 0.123. The van der Waals surface area contributed by atoms with Gasteiger partial charge in [-0.1, -0.05) is 0 Å². The highest BCUT2D eigenvalue weighted by atomic mass is 16.5. The maximum atomic E-state index is 12.8. The number of methoxy groups -OCH3 is 1. The maximum Gasteiger partial charge on any atom is 0.410 e. The zero-order chi connectivity index (χ0) is 18.5. The van der Waals surface area contributed by atoms with Crippen LogP contribution in [-0.2, 0) is 14.3 Å². The molecule has 2 unspecified atom stereocenters. The Morgan fingerprint density at radius 1 is 0.926 bits per heavy atom. The van der Waals surface area contributed by atoms with Crippen molar-refractivity contribution in [1.82, 2.24) is 14.7 Å². The fourth-order valence-electron chi connectivity index (χ4n) is 6.14. The molecule has 1 saturated carbocycles. The molecule has 5 rings (SSSR count). The van der Waals surface area contributed by atoms with E-state index in [4.69, 9.17) is 9.47 Å². The number of likely N-dealkylation sites (tertiary alicyclic amines) is 2. The van der Waals surface area contributed by atoms with Gasteiger partial charge >= 0.3 is 6.09 Å². The molecular formula is C20H31N3O4. The van der Waals surface area contributed by atoms with Crippen LogP contribution in [0.1, 0.15) is 32.1 Å². The van der Waals surface area contributed by atoms with Gasteiger partial charge in [-0.15, -0.1) is 0 Å². The molecule has 2 amide bonds. The van der Waals surface area contributed by atoms with Crippen LogP contribution in [0.25, 0.3) is 0 Å². The molecule has 4 saturated heterocycles. The number of fused-ring (bicyclic) bond motifs is 3. The summed E-state index contributed by atoms with van der Waals surface area (Å²) in [4.78, 5) is 31.5. The summed E-state index contributed by atoms with van der Waals surface area (Å²) >= 11 is 0. The van der Waals surface area contributed by atoms with Crippen molar-refractivity contribution in [3.8, 4) is 0 Å². The van der Waals surface area contributed by atoms with Crippen LogP contribution in [0.15, 0.2) is 0 Å². The molecule has 5 aliphatic rings. The van der Waals surface area contributed by atoms with E-state index in [1.807, 2.05) is 4.90 Å². The second-order valence-corrected chi connectivity index (χ2v) is 9.04. The van der Waals surface area contributed by atoms with Crippen LogP contribution in [0.5, 0.6) is 0 Å². The van der Waals surface area contributed by atoms with E-state index >= 15 is 0 Å². The average Bonchev–Trinajstić information content (AvgIpc) is 3.19. The number of hydrogen-bond donors (Lipinski definition) is 0. The van der Waals surface area contributed by atoms with E-state index in [2.05, 4.69) is 9.80 Å². The zero-order valence-corrected chi connectivity index (χ0v) is 16.2. The Kier molecular flexibility index (Phi) is 4.55. The number of carbonyl (C=O) groups is 2. The first kappa shape index (κ1) is 17.7. The van der Waals surface area contributed by atoms with Crippen molar-refractivity contribution in [2.45, 2.75) is 50.2 Å². The van der Waals surface area contributed by atoms with Gasteiger partial charge in [0, 0.05) is 38.1 Å². The Bertz CT molecular complexity index is 582. The predicted molar refractivity (Wildman–Crippen MR) is 98.1 cm³/mol. The molecule has 7 nitrogen and oxygen atoms in total. The summed E-state index contributed by atoms with van der Waals surface area (Å²) in [6.45, 7) is 5.26. The van der Waals surface area contributed by atoms with E-state index in [1.54, 1.807) is 0 Å². The smallest absolute Gasteiger partial charge is 0.410 e. The molecule has 27 heavy (non-hydrogen) atoms. The molecule has 0 aromatic rings. The second kappa shape index (κ2) is 6.92. The molecule has 0 spiro atoms. The highest BCUT2D eigenvalue weighted by Crippen LogP contribution is 2.54. The number of amides is 2. The van der Waals surface area contributed by atoms with Crippen LogP contribution < -0.4 is 0 Å². The third-order valence-corrected chi connectivity index (χ3v) is 7.57. The van der Waals surface area contributed by atoms with Crippen molar-refractivity contribution < 1.29 is 19.1 Å². The second-order valence-electron chi connectivity index (χ2n) is 9.04. The predicted octanol–water partition coefficient (Wildman–Crippen LogP) is 1.17. The molecule has 1 aliphatic carbocycles. The Morgan fingerprint density at radius 2 is 1.56 bits per heavy atom. The maximum absolute atomic E-state index is 12.8. The third-order valence-electron chi connectivity index (χ3n) is 7.57. The molecule has 150 valence electrons. The summed E-state index contributed by atoms with van der Waals surface area (Å²) in [5.74, 6) is 1.84. The van der Waals surface area contributed by atoms with E-state index in [9.17, 15) is 9.59 Å². The fourth-order valence-corrected chi connectivity index (χ4v) is 6.14. The van der Waals surface area contributed by atoms with Crippen LogP contribution in [0, 0.1) is 17.8 Å². The van der Waals surface area contributed by atoms with E-state index < -0.39 is 0 Å². The summed E-state index contributed by atoms with van der Waals surface area (Å²) in [5, 5.41) is 0. The average molecular weight is 377 g/mol. The fraction of sp³-hybridized carbons (Fsp3) is 0.900. The van der Waals surface area contributed by atoms with Crippen LogP contribution in [-0.4, -0.2) is 91.3 Å². The molecule has 0 aromatic heterocycles. The highest BCUT2D eigenvalue weighted by Gasteiger charge is 2.61. The lowest BCUT2D eigenvalue weighted by molar-refractivity contribution is -0.134. The first-order valence-corrected chi connectivity index (χ1v) is 10.6. The molecule has 0 aromatic carbocycles. The molecule has 0 N–H and O–H groups in total. The van der Waals surface area contributed by atoms with Gasteiger partial charge in [-0.2, -0.15) is 0 Å². The van der Waals surface area contributed by atoms with E-state index in [-0.39, 0.29) is 24.1 Å². The number of ether oxygens (including phenoxy) is 2. The molecular weight excluding hydrogens is 346 g/mol. The van der Waals surface area contributed by atoms with Crippen molar-refractivity contribution in [3.63, 3.8) is 0 Å². The normalized spacial score (nSPS) is 41.2. The Balaban J connectivity index is 1.18. The number of nitrogens with zero attached hydrogens (tertiary/aromatic N) is 3. The quantitative estimate of drug-likeness (QED) is 0.723. The SMILES string of the molecule is COC(=O)N1C2COCC1CC(N1C[C@@H]3[C@H](C1)[C@@H]3C(=O)N1CCCCC1)C2. The summed E-state index contributed by atoms with van der Waals surface area (Å²) < 4.78 is 10.7. The Labute approximate surface area is 160 Å². The van der Waals surface area contributed by atoms with Crippen molar-refractivity contribution >= 4 is 12.0 Å². The summed E-state index contributed by atoms with van der Waals surface area (Å²) in [6.07, 6.45) is 5.30. The van der Waals surface area contributed by atoms with Crippen molar-refractivity contribution in [2.24, 2.45) is 17.8 Å². The van der Waals surface area contributed by atoms with Crippen molar-refractivity contribution in [2.75, 3.05) is 46.5 Å². The van der Waals surface area contributed by atoms with Gasteiger partial charge in [-0.05, 0) is 43.9 Å². The number of hydrogen-bond acceptors (Lipinski definition) is 5. The number of morpholine rings is 1. The highest BCUT2D eigenvalue weighted by molar-refractivity contribution is 5.82. The topological polar surface area (TPSA) is 62.3 Å². The summed E-state index contributed by atoms with van der Waals surface area (Å²) in [5.41, 5.74) is 0. The molecule has 7 heteroatoms. The number of carbonyl (C=O) groups excluding carboxylic acids is 2. The molecule has 2 bridgehead atoms. The Hall–Kier alpha value is -1.34. The van der Waals surface area contributed by atoms with Crippen LogP contribution in [0.3, 0.4) is 0 Å². The number of rotatable bonds is 2. The standard InChI is InChI=1S/C20H31N3O4/c1-26-20(25)23-14-7-13(8-15(23)12-27-11-14)22-9-16-17(10-22)18(16)19(24)21-5-3-2-4-6-21/h13-18H,2-12H2,1H3/t13?,14?,15?,16-,17+,18-. The minimum atomic E-state index is -0.219. The number of piperidine rings is 3. The molecule has 5 fully saturated rings. The minimum Gasteiger partial charge on any atom is -0.453 e. The first-order valence-electron chi connectivity index (χ1n) is 10.6. The van der Waals surface area contributed by atoms with Gasteiger partial charge in [0.2, 0.25) is 5.91 Å². The lowest BCUT2D eigenvalue weighted by atomic mass is 9.89. The van der Waals surface area contributed by atoms with E-state index in [0.29, 0.717) is 37.0 Å². The monoisotopic (exact) mass is 377 g/mol. The van der Waals surface area contributed by atoms with E-state index in [1.165, 1.54) is 26.4 Å². The van der Waals surface area contributed by atoms with Gasteiger partial charge in [0.05, 0.1) is 32.4 Å². The van der Waals surface area contributed by atoms with Gasteiger partial charge in [-0.3, -0.25) is 14.6 Å². The van der Waals surface area contributed by atoms with Crippen LogP contribution in [0.2, 0.25) is 0 Å². The van der Waals surface area contributed by atoms with Crippen molar-refractivity contribution in [1.29, 1.82) is 0 Å². The van der Waals surface area contributed by atoms with Gasteiger partial charge in [0.15, 0.2) is 0 Å². The van der Waals surface area contributed by atoms with E-state index in [0.717, 1.165) is 39.0 Å². The van der Waals surface area contributed by atoms with Gasteiger partial charge in [0.25, 0.3) is 0 Å². The lowest BCUT2D eigenvalue weighted by Crippen LogP contribution is -2.62. The summed E-state index contributed by atoms with van der Waals surface area (Å²) in [6, 6.07) is 0.749. The van der Waals surface area contributed by atoms with Gasteiger partial charge in [0.1, 0.15) is 0 Å². The Morgan fingerprint density at radius 3 is 2.15 bits per heavy atom. The third kappa shape index (κ3) is 3.03. The first-order chi connectivity index (χ1) is 13.2. The molecule has 4 aliphatic heterocycles. The molecule has 0 radical (unpaired) electrons. The molecule has 4 heterocycles. The van der Waals surface area contributed by atoms with Crippen LogP contribution >= 0.6 is 0 Å². The van der Waals surface area contributed by atoms with Crippen LogP contribution in [0.4, 0.5) is 4.79 Å². The molecule has 5 atom stereocenters. The van der Waals surface area contributed by atoms with Crippen molar-refractivity contribution in [3.05, 3.63) is 0 Å². The zero-order valence-electron chi connectivity index (χ0n) is 16.2.